The van der Waals surface area contributed by atoms with Gasteiger partial charge in [0.25, 0.3) is 0 Å². The van der Waals surface area contributed by atoms with Crippen LogP contribution in [0.3, 0.4) is 0 Å². The van der Waals surface area contributed by atoms with E-state index in [2.05, 4.69) is 15.3 Å². The van der Waals surface area contributed by atoms with Crippen molar-refractivity contribution >= 4 is 23.5 Å². The molecule has 1 N–H and O–H groups in total. The van der Waals surface area contributed by atoms with Crippen LogP contribution in [0.5, 0.6) is 0 Å². The van der Waals surface area contributed by atoms with Gasteiger partial charge in [-0.25, -0.2) is 9.97 Å². The number of hydrogen-bond donors (Lipinski definition) is 1. The summed E-state index contributed by atoms with van der Waals surface area (Å²) in [5, 5.41) is 3.51. The van der Waals surface area contributed by atoms with Crippen LogP contribution in [0.1, 0.15) is 41.6 Å². The molecule has 1 amide bonds. The molecule has 0 aromatic carbocycles. The first kappa shape index (κ1) is 14.0. The van der Waals surface area contributed by atoms with Crippen LogP contribution in [0, 0.1) is 13.8 Å². The Morgan fingerprint density at radius 3 is 2.58 bits per heavy atom. The number of nitrogens with zero attached hydrogens (tertiary/aromatic N) is 2. The molecule has 0 saturated heterocycles. The van der Waals surface area contributed by atoms with Gasteiger partial charge in [0.05, 0.1) is 17.0 Å². The smallest absolute Gasteiger partial charge is 0.230 e. The summed E-state index contributed by atoms with van der Waals surface area (Å²) in [6, 6.07) is 0.356. The molecule has 1 fully saturated rings. The minimum Gasteiger partial charge on any atom is -0.353 e. The molecule has 1 aromatic heterocycles. The average Bonchev–Trinajstić information content (AvgIpc) is 3.08. The molecule has 102 valence electrons. The molecule has 0 aliphatic heterocycles. The first-order valence-corrected chi connectivity index (χ1v) is 7.24. The molecule has 0 atom stereocenters. The van der Waals surface area contributed by atoms with Gasteiger partial charge < -0.3 is 5.32 Å². The number of carbonyl (C=O) groups is 2. The zero-order valence-electron chi connectivity index (χ0n) is 11.3. The summed E-state index contributed by atoms with van der Waals surface area (Å²) in [7, 11) is 0. The highest BCUT2D eigenvalue weighted by Crippen LogP contribution is 2.24. The van der Waals surface area contributed by atoms with Crippen molar-refractivity contribution in [2.24, 2.45) is 0 Å². The Morgan fingerprint density at radius 1 is 1.32 bits per heavy atom. The van der Waals surface area contributed by atoms with Crippen molar-refractivity contribution in [1.29, 1.82) is 0 Å². The molecular weight excluding hydrogens is 262 g/mol. The standard InChI is InChI=1S/C13H17N3O2S/c1-7-12(8(2)17)13(15-9(3)14-7)19-6-11(18)16-10-4-5-10/h10H,4-6H2,1-3H3,(H,16,18). The lowest BCUT2D eigenvalue weighted by Crippen LogP contribution is -2.27. The number of carbonyl (C=O) groups excluding carboxylic acids is 2. The van der Waals surface area contributed by atoms with E-state index < -0.39 is 0 Å². The minimum atomic E-state index is -0.0670. The van der Waals surface area contributed by atoms with E-state index in [9.17, 15) is 9.59 Å². The predicted octanol–water partition coefficient (Wildman–Crippen LogP) is 1.67. The van der Waals surface area contributed by atoms with Gasteiger partial charge in [0, 0.05) is 6.04 Å². The molecule has 0 bridgehead atoms. The SMILES string of the molecule is CC(=O)c1c(C)nc(C)nc1SCC(=O)NC1CC1. The van der Waals surface area contributed by atoms with Crippen LogP contribution in [0.15, 0.2) is 5.03 Å². The van der Waals surface area contributed by atoms with Gasteiger partial charge in [0.2, 0.25) is 5.91 Å². The molecule has 2 rings (SSSR count). The highest BCUT2D eigenvalue weighted by Gasteiger charge is 2.23. The number of hydrogen-bond acceptors (Lipinski definition) is 5. The molecule has 19 heavy (non-hydrogen) atoms. The summed E-state index contributed by atoms with van der Waals surface area (Å²) < 4.78 is 0. The maximum Gasteiger partial charge on any atom is 0.230 e. The third-order valence-corrected chi connectivity index (χ3v) is 3.78. The summed E-state index contributed by atoms with van der Waals surface area (Å²) in [5.41, 5.74) is 1.19. The fraction of sp³-hybridized carbons (Fsp3) is 0.538. The monoisotopic (exact) mass is 279 g/mol. The van der Waals surface area contributed by atoms with E-state index in [1.807, 2.05) is 0 Å². The van der Waals surface area contributed by atoms with Gasteiger partial charge >= 0.3 is 0 Å². The number of aryl methyl sites for hydroxylation is 2. The summed E-state index contributed by atoms with van der Waals surface area (Å²) in [5.74, 6) is 0.832. The Balaban J connectivity index is 2.09. The van der Waals surface area contributed by atoms with E-state index >= 15 is 0 Å². The average molecular weight is 279 g/mol. The molecular formula is C13H17N3O2S. The van der Waals surface area contributed by atoms with Crippen molar-refractivity contribution in [1.82, 2.24) is 15.3 Å². The highest BCUT2D eigenvalue weighted by molar-refractivity contribution is 8.00. The van der Waals surface area contributed by atoms with Crippen molar-refractivity contribution in [2.45, 2.75) is 44.7 Å². The molecule has 0 spiro atoms. The van der Waals surface area contributed by atoms with Crippen molar-refractivity contribution < 1.29 is 9.59 Å². The first-order valence-electron chi connectivity index (χ1n) is 6.25. The van der Waals surface area contributed by atoms with Gasteiger partial charge in [0.1, 0.15) is 10.9 Å². The second-order valence-corrected chi connectivity index (χ2v) is 5.69. The Hall–Kier alpha value is -1.43. The number of nitrogens with one attached hydrogen (secondary N) is 1. The van der Waals surface area contributed by atoms with Crippen molar-refractivity contribution in [2.75, 3.05) is 5.75 Å². The zero-order chi connectivity index (χ0) is 14.0. The molecule has 1 aliphatic rings. The summed E-state index contributed by atoms with van der Waals surface area (Å²) >= 11 is 1.30. The quantitative estimate of drug-likeness (QED) is 0.504. The van der Waals surface area contributed by atoms with Crippen LogP contribution in [0.25, 0.3) is 0 Å². The molecule has 0 radical (unpaired) electrons. The van der Waals surface area contributed by atoms with Gasteiger partial charge in [-0.05, 0) is 33.6 Å². The van der Waals surface area contributed by atoms with E-state index in [0.717, 1.165) is 12.8 Å². The second-order valence-electron chi connectivity index (χ2n) is 4.72. The van der Waals surface area contributed by atoms with Crippen LogP contribution >= 0.6 is 11.8 Å². The molecule has 1 aliphatic carbocycles. The third kappa shape index (κ3) is 3.76. The summed E-state index contributed by atoms with van der Waals surface area (Å²) in [6.45, 7) is 5.07. The number of amides is 1. The van der Waals surface area contributed by atoms with Gasteiger partial charge in [-0.15, -0.1) is 0 Å². The molecule has 5 nitrogen and oxygen atoms in total. The number of Topliss-reactive ketones (excluding diaryl/α,β-unsaturated/α-hetero) is 1. The Kier molecular flexibility index (Phi) is 4.19. The molecule has 1 aromatic rings. The highest BCUT2D eigenvalue weighted by atomic mass is 32.2. The Morgan fingerprint density at radius 2 is 2.00 bits per heavy atom. The van der Waals surface area contributed by atoms with Gasteiger partial charge in [-0.1, -0.05) is 11.8 Å². The Labute approximate surface area is 116 Å². The van der Waals surface area contributed by atoms with Gasteiger partial charge in [-0.2, -0.15) is 0 Å². The lowest BCUT2D eigenvalue weighted by molar-refractivity contribution is -0.118. The predicted molar refractivity (Wildman–Crippen MR) is 73.4 cm³/mol. The normalized spacial score (nSPS) is 14.3. The van der Waals surface area contributed by atoms with E-state index in [4.69, 9.17) is 0 Å². The molecule has 6 heteroatoms. The molecule has 0 unspecified atom stereocenters. The first-order chi connectivity index (χ1) is 8.97. The number of rotatable bonds is 5. The van der Waals surface area contributed by atoms with Crippen LogP contribution in [-0.4, -0.2) is 33.5 Å². The maximum atomic E-state index is 11.7. The fourth-order valence-corrected chi connectivity index (χ4v) is 2.81. The van der Waals surface area contributed by atoms with Gasteiger partial charge in [-0.3, -0.25) is 9.59 Å². The van der Waals surface area contributed by atoms with E-state index in [-0.39, 0.29) is 17.4 Å². The lowest BCUT2D eigenvalue weighted by Gasteiger charge is -2.09. The number of thioether (sulfide) groups is 1. The summed E-state index contributed by atoms with van der Waals surface area (Å²) in [6.07, 6.45) is 2.14. The minimum absolute atomic E-state index is 0.00378. The van der Waals surface area contributed by atoms with Crippen molar-refractivity contribution in [3.63, 3.8) is 0 Å². The topological polar surface area (TPSA) is 72.0 Å². The third-order valence-electron chi connectivity index (χ3n) is 2.80. The van der Waals surface area contributed by atoms with Crippen LogP contribution in [0.4, 0.5) is 0 Å². The van der Waals surface area contributed by atoms with Crippen molar-refractivity contribution in [3.8, 4) is 0 Å². The van der Waals surface area contributed by atoms with Crippen molar-refractivity contribution in [3.05, 3.63) is 17.1 Å². The fourth-order valence-electron chi connectivity index (χ4n) is 1.82. The zero-order valence-corrected chi connectivity index (χ0v) is 12.1. The van der Waals surface area contributed by atoms with E-state index in [0.29, 0.717) is 28.1 Å². The maximum absolute atomic E-state index is 11.7. The Bertz CT molecular complexity index is 527. The number of ketones is 1. The van der Waals surface area contributed by atoms with Crippen LogP contribution in [0.2, 0.25) is 0 Å². The van der Waals surface area contributed by atoms with Gasteiger partial charge in [0.15, 0.2) is 5.78 Å². The lowest BCUT2D eigenvalue weighted by atomic mass is 10.2. The second kappa shape index (κ2) is 5.69. The van der Waals surface area contributed by atoms with E-state index in [1.165, 1.54) is 18.7 Å². The molecule has 1 heterocycles. The van der Waals surface area contributed by atoms with Crippen LogP contribution < -0.4 is 5.32 Å². The van der Waals surface area contributed by atoms with Crippen LogP contribution in [-0.2, 0) is 4.79 Å². The largest absolute Gasteiger partial charge is 0.353 e. The summed E-state index contributed by atoms with van der Waals surface area (Å²) in [4.78, 5) is 31.8. The number of aromatic nitrogens is 2. The van der Waals surface area contributed by atoms with E-state index in [1.54, 1.807) is 13.8 Å². The molecule has 1 saturated carbocycles.